The SMILES string of the molecule is CC/C=C\C/C=C\C/C=C\C/C=C\C/C=C\CCCCCCCC(=O)NC(CO)C(O)/C=C/CCCCCCCCCCCCCCCCC. The zero-order valence-electron chi connectivity index (χ0n) is 32.9. The molecule has 0 aromatic rings. The number of allylic oxidation sites excluding steroid dienone is 11. The van der Waals surface area contributed by atoms with Gasteiger partial charge in [0.15, 0.2) is 0 Å². The Bertz CT molecular complexity index is 884. The summed E-state index contributed by atoms with van der Waals surface area (Å²) in [5.41, 5.74) is 0. The maximum absolute atomic E-state index is 12.4. The van der Waals surface area contributed by atoms with Crippen molar-refractivity contribution in [3.05, 3.63) is 72.9 Å². The number of carbonyl (C=O) groups excluding carboxylic acids is 1. The van der Waals surface area contributed by atoms with Gasteiger partial charge < -0.3 is 15.5 Å². The highest BCUT2D eigenvalue weighted by Gasteiger charge is 2.17. The van der Waals surface area contributed by atoms with E-state index in [0.717, 1.165) is 70.6 Å². The predicted octanol–water partition coefficient (Wildman–Crippen LogP) is 13.1. The molecular weight excluding hydrogens is 615 g/mol. The van der Waals surface area contributed by atoms with Gasteiger partial charge in [-0.15, -0.1) is 0 Å². The minimum atomic E-state index is -0.851. The van der Waals surface area contributed by atoms with E-state index in [1.54, 1.807) is 6.08 Å². The summed E-state index contributed by atoms with van der Waals surface area (Å²) in [6.07, 6.45) is 58.5. The van der Waals surface area contributed by atoms with Crippen molar-refractivity contribution in [3.63, 3.8) is 0 Å². The van der Waals surface area contributed by atoms with Gasteiger partial charge in [-0.1, -0.05) is 196 Å². The number of nitrogens with one attached hydrogen (secondary N) is 1. The number of hydrogen-bond donors (Lipinski definition) is 3. The maximum Gasteiger partial charge on any atom is 0.220 e. The molecule has 0 saturated heterocycles. The van der Waals surface area contributed by atoms with Gasteiger partial charge in [0.05, 0.1) is 18.8 Å². The van der Waals surface area contributed by atoms with E-state index >= 15 is 0 Å². The number of aliphatic hydroxyl groups excluding tert-OH is 2. The zero-order valence-corrected chi connectivity index (χ0v) is 32.9. The quantitative estimate of drug-likeness (QED) is 0.0447. The van der Waals surface area contributed by atoms with Crippen LogP contribution in [-0.2, 0) is 4.79 Å². The minimum Gasteiger partial charge on any atom is -0.394 e. The Kier molecular flexibility index (Phi) is 39.5. The van der Waals surface area contributed by atoms with Gasteiger partial charge in [0.25, 0.3) is 0 Å². The van der Waals surface area contributed by atoms with Crippen LogP contribution in [0.25, 0.3) is 0 Å². The summed E-state index contributed by atoms with van der Waals surface area (Å²) in [5, 5.41) is 23.0. The summed E-state index contributed by atoms with van der Waals surface area (Å²) >= 11 is 0. The fraction of sp³-hybridized carbons (Fsp3) is 0.717. The van der Waals surface area contributed by atoms with Crippen LogP contribution in [0.5, 0.6) is 0 Å². The van der Waals surface area contributed by atoms with Gasteiger partial charge in [-0.05, 0) is 64.2 Å². The average Bonchev–Trinajstić information content (AvgIpc) is 3.12. The van der Waals surface area contributed by atoms with Crippen molar-refractivity contribution in [3.8, 4) is 0 Å². The topological polar surface area (TPSA) is 69.6 Å². The lowest BCUT2D eigenvalue weighted by Crippen LogP contribution is -2.45. The second-order valence-electron chi connectivity index (χ2n) is 14.0. The molecule has 0 radical (unpaired) electrons. The third kappa shape index (κ3) is 37.1. The molecule has 0 aliphatic rings. The number of carbonyl (C=O) groups is 1. The molecule has 0 saturated carbocycles. The lowest BCUT2D eigenvalue weighted by atomic mass is 10.0. The standard InChI is InChI=1S/C46H81NO3/c1-3-5-7-9-11-13-15-17-19-21-22-23-24-26-28-30-32-34-36-38-40-42-46(50)47-44(43-48)45(49)41-39-37-35-33-31-29-27-25-20-18-16-14-12-10-8-6-4-2/h5,7,11,13,17,19,22-23,26,28,39,41,44-45,48-49H,3-4,6,8-10,12,14-16,18,20-21,24-25,27,29-38,40,42-43H2,1-2H3,(H,47,50)/b7-5-,13-11-,19-17-,23-22-,28-26-,41-39+. The van der Waals surface area contributed by atoms with E-state index in [0.29, 0.717) is 6.42 Å². The van der Waals surface area contributed by atoms with Crippen molar-refractivity contribution in [2.45, 2.75) is 206 Å². The van der Waals surface area contributed by atoms with E-state index in [2.05, 4.69) is 79.9 Å². The van der Waals surface area contributed by atoms with E-state index in [-0.39, 0.29) is 12.5 Å². The first-order chi connectivity index (χ1) is 24.7. The van der Waals surface area contributed by atoms with Gasteiger partial charge in [-0.2, -0.15) is 0 Å². The summed E-state index contributed by atoms with van der Waals surface area (Å²) in [4.78, 5) is 12.4. The van der Waals surface area contributed by atoms with Crippen LogP contribution in [0.15, 0.2) is 72.9 Å². The Hall–Kier alpha value is -2.17. The molecule has 50 heavy (non-hydrogen) atoms. The van der Waals surface area contributed by atoms with E-state index in [4.69, 9.17) is 0 Å². The number of rotatable bonds is 37. The Labute approximate surface area is 310 Å². The van der Waals surface area contributed by atoms with Crippen LogP contribution in [0.3, 0.4) is 0 Å². The van der Waals surface area contributed by atoms with Gasteiger partial charge in [0, 0.05) is 6.42 Å². The van der Waals surface area contributed by atoms with Gasteiger partial charge in [-0.25, -0.2) is 0 Å². The molecule has 0 heterocycles. The molecule has 2 unspecified atom stereocenters. The van der Waals surface area contributed by atoms with Crippen molar-refractivity contribution < 1.29 is 15.0 Å². The van der Waals surface area contributed by atoms with Crippen LogP contribution < -0.4 is 5.32 Å². The highest BCUT2D eigenvalue weighted by Crippen LogP contribution is 2.14. The fourth-order valence-corrected chi connectivity index (χ4v) is 5.97. The molecule has 4 nitrogen and oxygen atoms in total. The first-order valence-corrected chi connectivity index (χ1v) is 21.2. The summed E-state index contributed by atoms with van der Waals surface area (Å²) in [7, 11) is 0. The van der Waals surface area contributed by atoms with E-state index in [9.17, 15) is 15.0 Å². The van der Waals surface area contributed by atoms with Crippen molar-refractivity contribution in [1.29, 1.82) is 0 Å². The van der Waals surface area contributed by atoms with E-state index in [1.165, 1.54) is 103 Å². The second kappa shape index (κ2) is 41.3. The molecule has 0 fully saturated rings. The Balaban J connectivity index is 3.67. The number of hydrogen-bond acceptors (Lipinski definition) is 3. The van der Waals surface area contributed by atoms with Crippen molar-refractivity contribution in [1.82, 2.24) is 5.32 Å². The van der Waals surface area contributed by atoms with Crippen LogP contribution in [0.1, 0.15) is 194 Å². The molecule has 288 valence electrons. The lowest BCUT2D eigenvalue weighted by molar-refractivity contribution is -0.123. The monoisotopic (exact) mass is 696 g/mol. The van der Waals surface area contributed by atoms with Crippen LogP contribution in [0.2, 0.25) is 0 Å². The first-order valence-electron chi connectivity index (χ1n) is 21.2. The molecule has 0 aromatic carbocycles. The van der Waals surface area contributed by atoms with Crippen molar-refractivity contribution >= 4 is 5.91 Å². The summed E-state index contributed by atoms with van der Waals surface area (Å²) in [6.45, 7) is 4.18. The first kappa shape index (κ1) is 47.8. The zero-order chi connectivity index (χ0) is 36.4. The molecule has 0 aromatic heterocycles. The van der Waals surface area contributed by atoms with Crippen LogP contribution in [0, 0.1) is 0 Å². The van der Waals surface area contributed by atoms with Crippen LogP contribution >= 0.6 is 0 Å². The average molecular weight is 696 g/mol. The van der Waals surface area contributed by atoms with Gasteiger partial charge in [0.2, 0.25) is 5.91 Å². The fourth-order valence-electron chi connectivity index (χ4n) is 5.97. The third-order valence-corrected chi connectivity index (χ3v) is 9.20. The molecule has 0 spiro atoms. The summed E-state index contributed by atoms with van der Waals surface area (Å²) in [5.74, 6) is -0.0855. The molecule has 0 aliphatic carbocycles. The smallest absolute Gasteiger partial charge is 0.220 e. The summed E-state index contributed by atoms with van der Waals surface area (Å²) in [6, 6.07) is -0.636. The predicted molar refractivity (Wildman–Crippen MR) is 220 cm³/mol. The van der Waals surface area contributed by atoms with Crippen molar-refractivity contribution in [2.24, 2.45) is 0 Å². The molecule has 4 heteroatoms. The van der Waals surface area contributed by atoms with Gasteiger partial charge in [-0.3, -0.25) is 4.79 Å². The number of amides is 1. The normalized spacial score (nSPS) is 13.8. The maximum atomic E-state index is 12.4. The van der Waals surface area contributed by atoms with Gasteiger partial charge >= 0.3 is 0 Å². The molecule has 3 N–H and O–H groups in total. The largest absolute Gasteiger partial charge is 0.394 e. The molecule has 1 amide bonds. The number of aliphatic hydroxyl groups is 2. The molecule has 0 bridgehead atoms. The molecule has 2 atom stereocenters. The molecule has 0 rings (SSSR count). The van der Waals surface area contributed by atoms with E-state index < -0.39 is 12.1 Å². The molecule has 0 aliphatic heterocycles. The minimum absolute atomic E-state index is 0.0855. The van der Waals surface area contributed by atoms with Crippen LogP contribution in [-0.4, -0.2) is 34.9 Å². The van der Waals surface area contributed by atoms with Crippen LogP contribution in [0.4, 0.5) is 0 Å². The highest BCUT2D eigenvalue weighted by molar-refractivity contribution is 5.76. The lowest BCUT2D eigenvalue weighted by Gasteiger charge is -2.20. The number of unbranched alkanes of at least 4 members (excludes halogenated alkanes) is 20. The highest BCUT2D eigenvalue weighted by atomic mass is 16.3. The summed E-state index contributed by atoms with van der Waals surface area (Å²) < 4.78 is 0. The Morgan fingerprint density at radius 2 is 0.880 bits per heavy atom. The Morgan fingerprint density at radius 1 is 0.500 bits per heavy atom. The molecular formula is C46H81NO3. The third-order valence-electron chi connectivity index (χ3n) is 9.20. The van der Waals surface area contributed by atoms with Gasteiger partial charge in [0.1, 0.15) is 0 Å². The van der Waals surface area contributed by atoms with Crippen molar-refractivity contribution in [2.75, 3.05) is 6.61 Å². The van der Waals surface area contributed by atoms with E-state index in [1.807, 2.05) is 6.08 Å². The second-order valence-corrected chi connectivity index (χ2v) is 14.0. The Morgan fingerprint density at radius 3 is 1.32 bits per heavy atom.